The Morgan fingerprint density at radius 3 is 2.45 bits per heavy atom. The van der Waals surface area contributed by atoms with Gasteiger partial charge in [-0.3, -0.25) is 14.0 Å². The Hall–Kier alpha value is -3.13. The maximum Gasteiger partial charge on any atom is 0.267 e. The van der Waals surface area contributed by atoms with Crippen LogP contribution < -0.4 is 11.3 Å². The lowest BCUT2D eigenvalue weighted by molar-refractivity contribution is -0.117. The summed E-state index contributed by atoms with van der Waals surface area (Å²) in [4.78, 5) is 25.0. The van der Waals surface area contributed by atoms with E-state index in [1.807, 2.05) is 46.9 Å². The van der Waals surface area contributed by atoms with Crippen molar-refractivity contribution in [2.75, 3.05) is 0 Å². The van der Waals surface area contributed by atoms with E-state index in [4.69, 9.17) is 5.73 Å². The van der Waals surface area contributed by atoms with Crippen LogP contribution in [0, 0.1) is 0 Å². The zero-order valence-corrected chi connectivity index (χ0v) is 17.2. The molecule has 2 N–H and O–H groups in total. The Morgan fingerprint density at radius 1 is 1.03 bits per heavy atom. The summed E-state index contributed by atoms with van der Waals surface area (Å²) in [5, 5.41) is 9.18. The first kappa shape index (κ1) is 19.2. The molecule has 2 heterocycles. The highest BCUT2D eigenvalue weighted by Gasteiger charge is 2.22. The normalized spacial score (nSPS) is 12.7. The lowest BCUT2D eigenvalue weighted by atomic mass is 10.0. The molecule has 1 atom stereocenters. The fourth-order valence-electron chi connectivity index (χ4n) is 3.37. The maximum absolute atomic E-state index is 13.5. The molecule has 1 amide bonds. The molecule has 148 valence electrons. The van der Waals surface area contributed by atoms with Crippen molar-refractivity contribution in [3.63, 3.8) is 0 Å². The molecule has 0 aliphatic heterocycles. The zero-order chi connectivity index (χ0) is 20.7. The van der Waals surface area contributed by atoms with Gasteiger partial charge in [0.15, 0.2) is 5.16 Å². The van der Waals surface area contributed by atoms with E-state index < -0.39 is 11.2 Å². The molecule has 29 heavy (non-hydrogen) atoms. The molecule has 0 spiro atoms. The molecule has 2 aromatic heterocycles. The van der Waals surface area contributed by atoms with Crippen molar-refractivity contribution < 1.29 is 4.79 Å². The number of nitrogens with two attached hydrogens (primary N) is 1. The molecule has 4 aromatic rings. The van der Waals surface area contributed by atoms with Gasteiger partial charge >= 0.3 is 0 Å². The van der Waals surface area contributed by atoms with Crippen LogP contribution in [0.2, 0.25) is 0 Å². The number of aromatic nitrogens is 4. The van der Waals surface area contributed by atoms with Gasteiger partial charge < -0.3 is 5.73 Å². The average Bonchev–Trinajstić information content (AvgIpc) is 3.11. The van der Waals surface area contributed by atoms with Gasteiger partial charge in [-0.15, -0.1) is 10.2 Å². The molecule has 8 heteroatoms. The van der Waals surface area contributed by atoms with Crippen LogP contribution >= 0.6 is 11.8 Å². The van der Waals surface area contributed by atoms with Gasteiger partial charge in [0.25, 0.3) is 5.56 Å². The van der Waals surface area contributed by atoms with Crippen LogP contribution in [0.4, 0.5) is 0 Å². The summed E-state index contributed by atoms with van der Waals surface area (Å²) < 4.78 is 3.42. The second kappa shape index (κ2) is 7.36. The molecule has 2 aromatic carbocycles. The lowest BCUT2D eigenvalue weighted by Crippen LogP contribution is -2.24. The molecule has 0 fully saturated rings. The summed E-state index contributed by atoms with van der Waals surface area (Å²) in [6.07, 6.45) is 0. The van der Waals surface area contributed by atoms with Gasteiger partial charge in [0, 0.05) is 0 Å². The summed E-state index contributed by atoms with van der Waals surface area (Å²) >= 11 is 1.22. The number of carbonyl (C=O) groups is 1. The monoisotopic (exact) mass is 407 g/mol. The number of fused-ring (bicyclic) bond motifs is 3. The third-order valence-electron chi connectivity index (χ3n) is 4.88. The van der Waals surface area contributed by atoms with Crippen molar-refractivity contribution in [3.05, 3.63) is 64.4 Å². The number of hydrogen-bond acceptors (Lipinski definition) is 5. The third kappa shape index (κ3) is 3.19. The summed E-state index contributed by atoms with van der Waals surface area (Å²) in [5.41, 5.74) is 7.78. The van der Waals surface area contributed by atoms with E-state index in [-0.39, 0.29) is 11.5 Å². The van der Waals surface area contributed by atoms with Gasteiger partial charge in [-0.25, -0.2) is 4.57 Å². The third-order valence-corrected chi connectivity index (χ3v) is 5.94. The fraction of sp³-hybridized carbons (Fsp3) is 0.238. The van der Waals surface area contributed by atoms with E-state index in [2.05, 4.69) is 24.0 Å². The molecule has 0 radical (unpaired) electrons. The summed E-state index contributed by atoms with van der Waals surface area (Å²) in [5.74, 6) is 0.187. The van der Waals surface area contributed by atoms with Crippen LogP contribution in [0.25, 0.3) is 22.4 Å². The number of primary amides is 1. The lowest BCUT2D eigenvalue weighted by Gasteiger charge is -2.16. The quantitative estimate of drug-likeness (QED) is 0.513. The zero-order valence-electron chi connectivity index (χ0n) is 16.4. The second-order valence-electron chi connectivity index (χ2n) is 7.15. The Balaban J connectivity index is 2.11. The van der Waals surface area contributed by atoms with Crippen molar-refractivity contribution in [1.82, 2.24) is 19.2 Å². The summed E-state index contributed by atoms with van der Waals surface area (Å²) in [6.45, 7) is 5.89. The minimum Gasteiger partial charge on any atom is -0.369 e. The van der Waals surface area contributed by atoms with E-state index in [0.29, 0.717) is 21.8 Å². The predicted octanol–water partition coefficient (Wildman–Crippen LogP) is 3.12. The molecular formula is C21H21N5O2S. The van der Waals surface area contributed by atoms with E-state index in [1.165, 1.54) is 11.8 Å². The SMILES string of the molecule is CC(Sc1nnc2n(-c3ccccc3C(C)C)c(=O)c3ccccc3n12)C(N)=O. The van der Waals surface area contributed by atoms with Gasteiger partial charge in [-0.2, -0.15) is 0 Å². The second-order valence-corrected chi connectivity index (χ2v) is 8.46. The van der Waals surface area contributed by atoms with Crippen molar-refractivity contribution in [3.8, 4) is 5.69 Å². The van der Waals surface area contributed by atoms with Crippen molar-refractivity contribution in [2.45, 2.75) is 37.1 Å². The topological polar surface area (TPSA) is 95.3 Å². The molecule has 4 rings (SSSR count). The highest BCUT2D eigenvalue weighted by molar-refractivity contribution is 8.00. The number of amides is 1. The number of para-hydroxylation sites is 2. The molecule has 0 aliphatic rings. The van der Waals surface area contributed by atoms with Gasteiger partial charge in [-0.05, 0) is 36.6 Å². The van der Waals surface area contributed by atoms with Crippen LogP contribution in [-0.2, 0) is 4.79 Å². The molecular weight excluding hydrogens is 386 g/mol. The molecule has 0 saturated carbocycles. The van der Waals surface area contributed by atoms with Gasteiger partial charge in [0.05, 0.1) is 21.8 Å². The summed E-state index contributed by atoms with van der Waals surface area (Å²) in [7, 11) is 0. The highest BCUT2D eigenvalue weighted by Crippen LogP contribution is 2.28. The number of benzene rings is 2. The largest absolute Gasteiger partial charge is 0.369 e. The summed E-state index contributed by atoms with van der Waals surface area (Å²) in [6, 6.07) is 15.1. The molecule has 0 saturated heterocycles. The Kier molecular flexibility index (Phi) is 4.87. The minimum atomic E-state index is -0.482. The number of nitrogens with zero attached hydrogens (tertiary/aromatic N) is 4. The fourth-order valence-corrected chi connectivity index (χ4v) is 4.17. The molecule has 1 unspecified atom stereocenters. The Labute approximate surface area is 171 Å². The number of rotatable bonds is 5. The van der Waals surface area contributed by atoms with E-state index in [0.717, 1.165) is 11.3 Å². The van der Waals surface area contributed by atoms with Crippen LogP contribution in [0.5, 0.6) is 0 Å². The van der Waals surface area contributed by atoms with Gasteiger partial charge in [0.2, 0.25) is 11.7 Å². The molecule has 0 bridgehead atoms. The smallest absolute Gasteiger partial charge is 0.267 e. The number of thioether (sulfide) groups is 1. The van der Waals surface area contributed by atoms with Crippen molar-refractivity contribution in [2.24, 2.45) is 5.73 Å². The highest BCUT2D eigenvalue weighted by atomic mass is 32.2. The van der Waals surface area contributed by atoms with Gasteiger partial charge in [0.1, 0.15) is 0 Å². The average molecular weight is 407 g/mol. The molecule has 7 nitrogen and oxygen atoms in total. The van der Waals surface area contributed by atoms with Crippen LogP contribution in [-0.4, -0.2) is 30.3 Å². The van der Waals surface area contributed by atoms with Gasteiger partial charge in [-0.1, -0.05) is 55.9 Å². The first-order valence-corrected chi connectivity index (χ1v) is 10.2. The first-order valence-electron chi connectivity index (χ1n) is 9.34. The molecule has 0 aliphatic carbocycles. The van der Waals surface area contributed by atoms with Crippen LogP contribution in [0.3, 0.4) is 0 Å². The number of hydrogen-bond donors (Lipinski definition) is 1. The van der Waals surface area contributed by atoms with E-state index in [1.54, 1.807) is 17.6 Å². The predicted molar refractivity (Wildman–Crippen MR) is 115 cm³/mol. The Morgan fingerprint density at radius 2 is 1.72 bits per heavy atom. The van der Waals surface area contributed by atoms with Crippen molar-refractivity contribution in [1.29, 1.82) is 0 Å². The maximum atomic E-state index is 13.5. The van der Waals surface area contributed by atoms with E-state index >= 15 is 0 Å². The van der Waals surface area contributed by atoms with Crippen molar-refractivity contribution >= 4 is 34.3 Å². The number of carbonyl (C=O) groups excluding carboxylic acids is 1. The first-order chi connectivity index (χ1) is 13.9. The minimum absolute atomic E-state index is 0.159. The standard InChI is InChI=1S/C21H21N5O2S/c1-12(2)14-8-4-6-10-16(14)25-19(28)15-9-5-7-11-17(15)26-20(25)23-24-21(26)29-13(3)18(22)27/h4-13H,1-3H3,(H2,22,27). The van der Waals surface area contributed by atoms with Crippen LogP contribution in [0.1, 0.15) is 32.3 Å². The Bertz CT molecular complexity index is 1290. The van der Waals surface area contributed by atoms with Crippen LogP contribution in [0.15, 0.2) is 58.5 Å². The van der Waals surface area contributed by atoms with E-state index in [9.17, 15) is 9.59 Å².